The van der Waals surface area contributed by atoms with Crippen molar-refractivity contribution in [1.29, 1.82) is 0 Å². The number of anilines is 1. The zero-order valence-corrected chi connectivity index (χ0v) is 19.6. The van der Waals surface area contributed by atoms with Crippen LogP contribution in [0.15, 0.2) is 45.0 Å². The van der Waals surface area contributed by atoms with Crippen LogP contribution in [0.25, 0.3) is 11.5 Å². The van der Waals surface area contributed by atoms with E-state index in [9.17, 15) is 13.2 Å². The van der Waals surface area contributed by atoms with E-state index in [1.165, 1.54) is 15.8 Å². The second-order valence-corrected chi connectivity index (χ2v) is 10.9. The number of carbonyl (C=O) groups is 1. The number of nitrogens with one attached hydrogen (secondary N) is 1. The lowest BCUT2D eigenvalue weighted by Gasteiger charge is -2.33. The van der Waals surface area contributed by atoms with Crippen LogP contribution < -0.4 is 10.1 Å². The van der Waals surface area contributed by atoms with Gasteiger partial charge >= 0.3 is 6.01 Å². The highest BCUT2D eigenvalue weighted by molar-refractivity contribution is 7.89. The van der Waals surface area contributed by atoms with Crippen LogP contribution >= 0.6 is 11.3 Å². The molecule has 11 heteroatoms. The second kappa shape index (κ2) is 9.00. The topological polar surface area (TPSA) is 115 Å². The van der Waals surface area contributed by atoms with Gasteiger partial charge in [0.15, 0.2) is 0 Å². The smallest absolute Gasteiger partial charge is 0.322 e. The van der Waals surface area contributed by atoms with Crippen molar-refractivity contribution in [1.82, 2.24) is 14.5 Å². The van der Waals surface area contributed by atoms with Crippen molar-refractivity contribution in [3.63, 3.8) is 0 Å². The molecule has 1 amide bonds. The monoisotopic (exact) mass is 476 g/mol. The molecule has 1 fully saturated rings. The van der Waals surface area contributed by atoms with Crippen LogP contribution in [-0.2, 0) is 10.0 Å². The van der Waals surface area contributed by atoms with Crippen molar-refractivity contribution >= 4 is 33.3 Å². The number of thiophene rings is 1. The van der Waals surface area contributed by atoms with Gasteiger partial charge < -0.3 is 9.15 Å². The van der Waals surface area contributed by atoms with Gasteiger partial charge in [-0.3, -0.25) is 10.1 Å². The number of amides is 1. The number of sulfonamides is 1. The molecule has 4 rings (SSSR count). The molecule has 9 nitrogen and oxygen atoms in total. The van der Waals surface area contributed by atoms with Gasteiger partial charge in [-0.15, -0.1) is 16.4 Å². The lowest BCUT2D eigenvalue weighted by atomic mass is 9.94. The van der Waals surface area contributed by atoms with E-state index in [1.807, 2.05) is 0 Å². The van der Waals surface area contributed by atoms with E-state index < -0.39 is 15.9 Å². The Bertz CT molecular complexity index is 1190. The third kappa shape index (κ3) is 4.69. The van der Waals surface area contributed by atoms with Gasteiger partial charge in [-0.05, 0) is 48.6 Å². The van der Waals surface area contributed by atoms with Crippen LogP contribution in [0.1, 0.15) is 29.9 Å². The molecule has 2 aromatic heterocycles. The Hall–Kier alpha value is -2.76. The fourth-order valence-corrected chi connectivity index (χ4v) is 6.64. The van der Waals surface area contributed by atoms with Crippen LogP contribution in [0.3, 0.4) is 0 Å². The highest BCUT2D eigenvalue weighted by Crippen LogP contribution is 2.29. The van der Waals surface area contributed by atoms with Gasteiger partial charge in [0.05, 0.1) is 16.9 Å². The molecular formula is C21H24N4O5S2. The number of benzene rings is 1. The van der Waals surface area contributed by atoms with E-state index >= 15 is 0 Å². The molecule has 0 aliphatic carbocycles. The largest absolute Gasteiger partial charge is 0.497 e. The molecule has 2 atom stereocenters. The first-order valence-electron chi connectivity index (χ1n) is 10.1. The van der Waals surface area contributed by atoms with Crippen molar-refractivity contribution in [3.8, 4) is 17.2 Å². The predicted molar refractivity (Wildman–Crippen MR) is 120 cm³/mol. The number of nitrogens with zero attached hydrogens (tertiary/aromatic N) is 3. The number of ether oxygens (including phenoxy) is 1. The van der Waals surface area contributed by atoms with E-state index in [0.29, 0.717) is 36.2 Å². The number of methoxy groups -OCH3 is 1. The third-order valence-corrected chi connectivity index (χ3v) is 8.14. The lowest BCUT2D eigenvalue weighted by Crippen LogP contribution is -2.42. The molecule has 1 aromatic carbocycles. The number of rotatable bonds is 6. The molecule has 1 saturated heterocycles. The van der Waals surface area contributed by atoms with Gasteiger partial charge in [-0.25, -0.2) is 8.42 Å². The first-order valence-corrected chi connectivity index (χ1v) is 12.5. The number of piperidine rings is 1. The Labute approximate surface area is 190 Å². The lowest BCUT2D eigenvalue weighted by molar-refractivity contribution is 0.102. The molecule has 0 unspecified atom stereocenters. The highest BCUT2D eigenvalue weighted by atomic mass is 32.2. The molecular weight excluding hydrogens is 452 g/mol. The molecule has 3 heterocycles. The number of hydrogen-bond donors (Lipinski definition) is 1. The summed E-state index contributed by atoms with van der Waals surface area (Å²) in [7, 11) is -2.08. The fourth-order valence-electron chi connectivity index (χ4n) is 3.81. The zero-order valence-electron chi connectivity index (χ0n) is 17.9. The first-order chi connectivity index (χ1) is 15.3. The van der Waals surface area contributed by atoms with E-state index in [-0.39, 0.29) is 21.7 Å². The van der Waals surface area contributed by atoms with Gasteiger partial charge in [-0.2, -0.15) is 4.31 Å². The molecule has 0 saturated carbocycles. The molecule has 0 radical (unpaired) electrons. The Balaban J connectivity index is 1.45. The Morgan fingerprint density at radius 3 is 2.53 bits per heavy atom. The van der Waals surface area contributed by atoms with Gasteiger partial charge in [0.2, 0.25) is 15.9 Å². The minimum atomic E-state index is -3.65. The van der Waals surface area contributed by atoms with Crippen molar-refractivity contribution in [3.05, 3.63) is 40.6 Å². The van der Waals surface area contributed by atoms with Crippen molar-refractivity contribution < 1.29 is 22.4 Å². The number of carbonyl (C=O) groups excluding carboxylic acids is 1. The quantitative estimate of drug-likeness (QED) is 0.576. The summed E-state index contributed by atoms with van der Waals surface area (Å²) in [4.78, 5) is 13.0. The number of hydrogen-bond acceptors (Lipinski definition) is 8. The maximum Gasteiger partial charge on any atom is 0.322 e. The molecule has 0 bridgehead atoms. The molecule has 3 aromatic rings. The molecule has 170 valence electrons. The Morgan fingerprint density at radius 2 is 1.88 bits per heavy atom. The maximum atomic E-state index is 13.0. The summed E-state index contributed by atoms with van der Waals surface area (Å²) in [5.41, 5.74) is 0.674. The fraction of sp³-hybridized carbons (Fsp3) is 0.381. The second-order valence-electron chi connectivity index (χ2n) is 8.01. The van der Waals surface area contributed by atoms with Crippen LogP contribution in [0.4, 0.5) is 6.01 Å². The van der Waals surface area contributed by atoms with E-state index in [4.69, 9.17) is 9.15 Å². The van der Waals surface area contributed by atoms with Crippen LogP contribution in [0.2, 0.25) is 0 Å². The summed E-state index contributed by atoms with van der Waals surface area (Å²) in [6.45, 7) is 5.07. The van der Waals surface area contributed by atoms with Crippen molar-refractivity contribution in [2.45, 2.75) is 25.2 Å². The molecule has 1 aliphatic heterocycles. The summed E-state index contributed by atoms with van der Waals surface area (Å²) in [6, 6.07) is 8.36. The SMILES string of the molecule is COc1ccc(-c2nnc(NC(=O)c3cc(S(=O)(=O)N4C[C@H](C)C[C@H](C)C4)cs3)o2)cc1. The average Bonchev–Trinajstić information content (AvgIpc) is 3.43. The Kier molecular flexibility index (Phi) is 6.31. The van der Waals surface area contributed by atoms with Crippen LogP contribution in [0, 0.1) is 11.8 Å². The zero-order chi connectivity index (χ0) is 22.9. The average molecular weight is 477 g/mol. The van der Waals surface area contributed by atoms with Crippen molar-refractivity contribution in [2.75, 3.05) is 25.5 Å². The summed E-state index contributed by atoms with van der Waals surface area (Å²) in [5.74, 6) is 1.02. The summed E-state index contributed by atoms with van der Waals surface area (Å²) in [5, 5.41) is 11.8. The predicted octanol–water partition coefficient (Wildman–Crippen LogP) is 3.73. The molecule has 1 aliphatic rings. The van der Waals surface area contributed by atoms with E-state index in [0.717, 1.165) is 17.8 Å². The van der Waals surface area contributed by atoms with Gasteiger partial charge in [-0.1, -0.05) is 18.9 Å². The standard InChI is InChI=1S/C21H24N4O5S2/c1-13-8-14(2)11-25(10-13)32(27,28)17-9-18(31-12-17)19(26)22-21-24-23-20(30-21)15-4-6-16(29-3)7-5-15/h4-7,9,12-14H,8,10-11H2,1-3H3,(H,22,24,26)/t13-,14+. The third-order valence-electron chi connectivity index (χ3n) is 5.25. The minimum Gasteiger partial charge on any atom is -0.497 e. The van der Waals surface area contributed by atoms with Crippen LogP contribution in [-0.4, -0.2) is 49.0 Å². The van der Waals surface area contributed by atoms with Gasteiger partial charge in [0, 0.05) is 24.0 Å². The van der Waals surface area contributed by atoms with Gasteiger partial charge in [0.25, 0.3) is 5.91 Å². The summed E-state index contributed by atoms with van der Waals surface area (Å²) >= 11 is 1.06. The maximum absolute atomic E-state index is 13.0. The highest BCUT2D eigenvalue weighted by Gasteiger charge is 2.32. The van der Waals surface area contributed by atoms with Crippen molar-refractivity contribution in [2.24, 2.45) is 11.8 Å². The first kappa shape index (κ1) is 22.4. The summed E-state index contributed by atoms with van der Waals surface area (Å²) in [6.07, 6.45) is 1.01. The normalized spacial score (nSPS) is 19.6. The minimum absolute atomic E-state index is 0.0719. The number of aromatic nitrogens is 2. The molecule has 1 N–H and O–H groups in total. The summed E-state index contributed by atoms with van der Waals surface area (Å²) < 4.78 is 38.2. The van der Waals surface area contributed by atoms with Crippen LogP contribution in [0.5, 0.6) is 5.75 Å². The molecule has 32 heavy (non-hydrogen) atoms. The molecule has 0 spiro atoms. The van der Waals surface area contributed by atoms with E-state index in [2.05, 4.69) is 29.4 Å². The Morgan fingerprint density at radius 1 is 1.19 bits per heavy atom. The van der Waals surface area contributed by atoms with Gasteiger partial charge in [0.1, 0.15) is 5.75 Å². The van der Waals surface area contributed by atoms with E-state index in [1.54, 1.807) is 31.4 Å².